The molecular formula is C15H13N5O2S. The van der Waals surface area contributed by atoms with E-state index in [1.165, 1.54) is 23.9 Å². The molecule has 3 rings (SSSR count). The Morgan fingerprint density at radius 3 is 2.61 bits per heavy atom. The molecule has 0 amide bonds. The Labute approximate surface area is 136 Å². The van der Waals surface area contributed by atoms with Crippen molar-refractivity contribution in [1.29, 1.82) is 0 Å². The lowest BCUT2D eigenvalue weighted by molar-refractivity contribution is -0.384. The van der Waals surface area contributed by atoms with Crippen molar-refractivity contribution in [3.63, 3.8) is 0 Å². The van der Waals surface area contributed by atoms with Gasteiger partial charge in [0.2, 0.25) is 0 Å². The highest BCUT2D eigenvalue weighted by atomic mass is 32.2. The molecule has 23 heavy (non-hydrogen) atoms. The van der Waals surface area contributed by atoms with Gasteiger partial charge in [-0.05, 0) is 17.7 Å². The van der Waals surface area contributed by atoms with Crippen molar-refractivity contribution in [2.45, 2.75) is 10.9 Å². The van der Waals surface area contributed by atoms with Gasteiger partial charge in [-0.15, -0.1) is 10.2 Å². The monoisotopic (exact) mass is 327 g/mol. The summed E-state index contributed by atoms with van der Waals surface area (Å²) < 4.78 is 1.89. The molecule has 0 aliphatic heterocycles. The largest absolute Gasteiger partial charge is 0.304 e. The van der Waals surface area contributed by atoms with E-state index in [1.807, 2.05) is 29.8 Å². The Balaban J connectivity index is 1.72. The van der Waals surface area contributed by atoms with Crippen LogP contribution in [0.25, 0.3) is 11.5 Å². The first kappa shape index (κ1) is 15.2. The normalized spacial score (nSPS) is 10.7. The number of hydrogen-bond donors (Lipinski definition) is 0. The number of rotatable bonds is 5. The predicted octanol–water partition coefficient (Wildman–Crippen LogP) is 3.08. The SMILES string of the molecule is Cn1c(SCc2ccc([N+](=O)[O-])cc2)nnc1-c1ccccn1. The van der Waals surface area contributed by atoms with Crippen LogP contribution in [0.4, 0.5) is 5.69 Å². The van der Waals surface area contributed by atoms with Crippen molar-refractivity contribution >= 4 is 17.4 Å². The molecule has 0 aliphatic rings. The number of benzene rings is 1. The van der Waals surface area contributed by atoms with E-state index in [4.69, 9.17) is 0 Å². The average Bonchev–Trinajstić information content (AvgIpc) is 2.95. The van der Waals surface area contributed by atoms with E-state index in [1.54, 1.807) is 18.3 Å². The predicted molar refractivity (Wildman–Crippen MR) is 86.9 cm³/mol. The van der Waals surface area contributed by atoms with Crippen LogP contribution in [0, 0.1) is 10.1 Å². The highest BCUT2D eigenvalue weighted by Crippen LogP contribution is 2.25. The summed E-state index contributed by atoms with van der Waals surface area (Å²) in [5, 5.41) is 19.8. The van der Waals surface area contributed by atoms with Gasteiger partial charge in [-0.25, -0.2) is 0 Å². The number of thioether (sulfide) groups is 1. The molecule has 0 N–H and O–H groups in total. The third-order valence-corrected chi connectivity index (χ3v) is 4.34. The van der Waals surface area contributed by atoms with E-state index in [9.17, 15) is 10.1 Å². The zero-order chi connectivity index (χ0) is 16.2. The molecule has 0 unspecified atom stereocenters. The first-order valence-electron chi connectivity index (χ1n) is 6.82. The van der Waals surface area contributed by atoms with Crippen molar-refractivity contribution in [3.8, 4) is 11.5 Å². The van der Waals surface area contributed by atoms with Gasteiger partial charge in [0.05, 0.1) is 4.92 Å². The van der Waals surface area contributed by atoms with Crippen molar-refractivity contribution in [1.82, 2.24) is 19.7 Å². The van der Waals surface area contributed by atoms with Crippen molar-refractivity contribution in [2.24, 2.45) is 7.05 Å². The summed E-state index contributed by atoms with van der Waals surface area (Å²) >= 11 is 1.52. The molecule has 7 nitrogen and oxygen atoms in total. The van der Waals surface area contributed by atoms with E-state index in [0.717, 1.165) is 16.4 Å². The molecule has 0 aliphatic carbocycles. The highest BCUT2D eigenvalue weighted by Gasteiger charge is 2.12. The van der Waals surface area contributed by atoms with Crippen LogP contribution in [0.5, 0.6) is 0 Å². The van der Waals surface area contributed by atoms with Crippen LogP contribution in [0.15, 0.2) is 53.8 Å². The van der Waals surface area contributed by atoms with Crippen LogP contribution in [0.1, 0.15) is 5.56 Å². The fourth-order valence-electron chi connectivity index (χ4n) is 2.02. The fourth-order valence-corrected chi connectivity index (χ4v) is 2.89. The maximum absolute atomic E-state index is 10.6. The molecule has 0 bridgehead atoms. The summed E-state index contributed by atoms with van der Waals surface area (Å²) in [5.74, 6) is 1.36. The maximum Gasteiger partial charge on any atom is 0.269 e. The number of nitrogens with zero attached hydrogens (tertiary/aromatic N) is 5. The van der Waals surface area contributed by atoms with Gasteiger partial charge in [-0.1, -0.05) is 30.0 Å². The van der Waals surface area contributed by atoms with E-state index in [-0.39, 0.29) is 5.69 Å². The minimum absolute atomic E-state index is 0.0925. The van der Waals surface area contributed by atoms with Gasteiger partial charge in [0.25, 0.3) is 5.69 Å². The number of hydrogen-bond acceptors (Lipinski definition) is 6. The fraction of sp³-hybridized carbons (Fsp3) is 0.133. The zero-order valence-electron chi connectivity index (χ0n) is 12.3. The van der Waals surface area contributed by atoms with Gasteiger partial charge in [-0.2, -0.15) is 0 Å². The maximum atomic E-state index is 10.6. The van der Waals surface area contributed by atoms with Crippen molar-refractivity contribution in [3.05, 3.63) is 64.3 Å². The first-order valence-corrected chi connectivity index (χ1v) is 7.80. The van der Waals surface area contributed by atoms with Gasteiger partial charge in [0, 0.05) is 31.1 Å². The van der Waals surface area contributed by atoms with Crippen molar-refractivity contribution < 1.29 is 4.92 Å². The van der Waals surface area contributed by atoms with E-state index >= 15 is 0 Å². The number of aromatic nitrogens is 4. The van der Waals surface area contributed by atoms with Crippen LogP contribution in [-0.4, -0.2) is 24.7 Å². The summed E-state index contributed by atoms with van der Waals surface area (Å²) in [7, 11) is 1.89. The molecule has 2 aromatic heterocycles. The molecule has 116 valence electrons. The van der Waals surface area contributed by atoms with Crippen LogP contribution in [0.3, 0.4) is 0 Å². The molecule has 0 saturated heterocycles. The average molecular weight is 327 g/mol. The molecule has 0 radical (unpaired) electrons. The second-order valence-corrected chi connectivity index (χ2v) is 5.73. The van der Waals surface area contributed by atoms with Gasteiger partial charge in [0.15, 0.2) is 11.0 Å². The Morgan fingerprint density at radius 1 is 1.17 bits per heavy atom. The number of non-ortho nitro benzene ring substituents is 1. The lowest BCUT2D eigenvalue weighted by atomic mass is 10.2. The Bertz CT molecular complexity index is 818. The second-order valence-electron chi connectivity index (χ2n) is 4.79. The van der Waals surface area contributed by atoms with Crippen LogP contribution >= 0.6 is 11.8 Å². The molecule has 8 heteroatoms. The molecule has 2 heterocycles. The molecule has 0 saturated carbocycles. The lowest BCUT2D eigenvalue weighted by Gasteiger charge is -2.03. The zero-order valence-corrected chi connectivity index (χ0v) is 13.1. The summed E-state index contributed by atoms with van der Waals surface area (Å²) in [6, 6.07) is 12.2. The van der Waals surface area contributed by atoms with Gasteiger partial charge < -0.3 is 4.57 Å². The summed E-state index contributed by atoms with van der Waals surface area (Å²) in [5.41, 5.74) is 1.85. The Morgan fingerprint density at radius 2 is 1.96 bits per heavy atom. The number of pyridine rings is 1. The second kappa shape index (κ2) is 6.57. The first-order chi connectivity index (χ1) is 11.1. The third-order valence-electron chi connectivity index (χ3n) is 3.24. The van der Waals surface area contributed by atoms with E-state index in [0.29, 0.717) is 11.6 Å². The molecule has 0 spiro atoms. The van der Waals surface area contributed by atoms with Gasteiger partial charge in [0.1, 0.15) is 5.69 Å². The summed E-state index contributed by atoms with van der Waals surface area (Å²) in [4.78, 5) is 14.5. The molecule has 0 atom stereocenters. The quantitative estimate of drug-likeness (QED) is 0.406. The Hall–Kier alpha value is -2.74. The minimum Gasteiger partial charge on any atom is -0.304 e. The summed E-state index contributed by atoms with van der Waals surface area (Å²) in [6.07, 6.45) is 1.72. The molecule has 3 aromatic rings. The van der Waals surface area contributed by atoms with E-state index < -0.39 is 4.92 Å². The topological polar surface area (TPSA) is 86.7 Å². The Kier molecular flexibility index (Phi) is 4.33. The standard InChI is InChI=1S/C15H13N5O2S/c1-19-14(13-4-2-3-9-16-13)17-18-15(19)23-10-11-5-7-12(8-6-11)20(21)22/h2-9H,10H2,1H3. The minimum atomic E-state index is -0.404. The van der Waals surface area contributed by atoms with Gasteiger partial charge in [-0.3, -0.25) is 15.1 Å². The molecule has 1 aromatic carbocycles. The summed E-state index contributed by atoms with van der Waals surface area (Å²) in [6.45, 7) is 0. The number of nitro benzene ring substituents is 1. The van der Waals surface area contributed by atoms with Crippen molar-refractivity contribution in [2.75, 3.05) is 0 Å². The van der Waals surface area contributed by atoms with Crippen LogP contribution in [0.2, 0.25) is 0 Å². The number of nitro groups is 1. The van der Waals surface area contributed by atoms with Gasteiger partial charge >= 0.3 is 0 Å². The molecule has 0 fully saturated rings. The lowest BCUT2D eigenvalue weighted by Crippen LogP contribution is -1.96. The van der Waals surface area contributed by atoms with Crippen LogP contribution in [-0.2, 0) is 12.8 Å². The van der Waals surface area contributed by atoms with E-state index in [2.05, 4.69) is 15.2 Å². The smallest absolute Gasteiger partial charge is 0.269 e. The van der Waals surface area contributed by atoms with Crippen LogP contribution < -0.4 is 0 Å². The third kappa shape index (κ3) is 3.37. The highest BCUT2D eigenvalue weighted by molar-refractivity contribution is 7.98. The molecular weight excluding hydrogens is 314 g/mol.